The first-order valence-corrected chi connectivity index (χ1v) is 8.15. The van der Waals surface area contributed by atoms with Gasteiger partial charge in [0.2, 0.25) is 5.91 Å². The minimum absolute atomic E-state index is 0.0430. The van der Waals surface area contributed by atoms with Crippen LogP contribution >= 0.6 is 11.3 Å². The normalized spacial score (nSPS) is 11.3. The molecule has 0 saturated heterocycles. The second-order valence-corrected chi connectivity index (χ2v) is 7.34. The third-order valence-electron chi connectivity index (χ3n) is 3.55. The lowest BCUT2D eigenvalue weighted by Gasteiger charge is -2.26. The van der Waals surface area contributed by atoms with Crippen molar-refractivity contribution in [1.82, 2.24) is 10.3 Å². The molecule has 1 aromatic carbocycles. The van der Waals surface area contributed by atoms with Crippen LogP contribution in [0.2, 0.25) is 0 Å². The summed E-state index contributed by atoms with van der Waals surface area (Å²) in [4.78, 5) is 18.0. The first-order chi connectivity index (χ1) is 10.3. The van der Waals surface area contributed by atoms with E-state index in [0.717, 1.165) is 16.4 Å². The van der Waals surface area contributed by atoms with Gasteiger partial charge in [0.15, 0.2) is 0 Å². The maximum atomic E-state index is 12.4. The Balaban J connectivity index is 1.96. The van der Waals surface area contributed by atoms with Gasteiger partial charge in [0, 0.05) is 10.6 Å². The zero-order valence-electron chi connectivity index (χ0n) is 13.8. The zero-order chi connectivity index (χ0) is 16.3. The van der Waals surface area contributed by atoms with Crippen molar-refractivity contribution in [3.63, 3.8) is 0 Å². The molecule has 0 fully saturated rings. The van der Waals surface area contributed by atoms with E-state index >= 15 is 0 Å². The van der Waals surface area contributed by atoms with Gasteiger partial charge < -0.3 is 10.6 Å². The number of thiazole rings is 1. The molecule has 0 atom stereocenters. The molecule has 1 aromatic heterocycles. The van der Waals surface area contributed by atoms with E-state index in [9.17, 15) is 4.79 Å². The number of hydrogen-bond donors (Lipinski definition) is 2. The summed E-state index contributed by atoms with van der Waals surface area (Å²) in [6, 6.07) is 8.02. The molecule has 0 bridgehead atoms. The highest BCUT2D eigenvalue weighted by Crippen LogP contribution is 2.18. The number of nitrogens with one attached hydrogen (secondary N) is 2. The van der Waals surface area contributed by atoms with E-state index in [0.29, 0.717) is 6.54 Å². The van der Waals surface area contributed by atoms with E-state index in [1.54, 1.807) is 11.3 Å². The van der Waals surface area contributed by atoms with E-state index in [2.05, 4.69) is 15.6 Å². The van der Waals surface area contributed by atoms with Gasteiger partial charge in [-0.15, -0.1) is 11.3 Å². The van der Waals surface area contributed by atoms with Crippen molar-refractivity contribution in [2.45, 2.75) is 46.7 Å². The van der Waals surface area contributed by atoms with E-state index in [-0.39, 0.29) is 5.91 Å². The molecule has 0 unspecified atom stereocenters. The monoisotopic (exact) mass is 317 g/mol. The fraction of sp³-hybridized carbons (Fsp3) is 0.412. The number of aromatic nitrogens is 1. The molecule has 0 saturated carbocycles. The van der Waals surface area contributed by atoms with Crippen molar-refractivity contribution in [3.05, 3.63) is 45.4 Å². The Morgan fingerprint density at radius 2 is 1.82 bits per heavy atom. The fourth-order valence-electron chi connectivity index (χ4n) is 2.05. The van der Waals surface area contributed by atoms with Gasteiger partial charge >= 0.3 is 0 Å². The van der Waals surface area contributed by atoms with Crippen LogP contribution in [0.3, 0.4) is 0 Å². The van der Waals surface area contributed by atoms with E-state index in [1.807, 2.05) is 58.9 Å². The molecule has 1 amide bonds. The fourth-order valence-corrected chi connectivity index (χ4v) is 2.92. The largest absolute Gasteiger partial charge is 0.372 e. The Labute approximate surface area is 136 Å². The Kier molecular flexibility index (Phi) is 4.86. The third-order valence-corrected chi connectivity index (χ3v) is 4.62. The number of amides is 1. The van der Waals surface area contributed by atoms with Crippen LogP contribution in [0.5, 0.6) is 0 Å². The Morgan fingerprint density at radius 3 is 2.36 bits per heavy atom. The molecule has 0 aliphatic heterocycles. The summed E-state index contributed by atoms with van der Waals surface area (Å²) in [5.41, 5.74) is 2.48. The average Bonchev–Trinajstić information content (AvgIpc) is 2.77. The van der Waals surface area contributed by atoms with E-state index in [4.69, 9.17) is 0 Å². The highest BCUT2D eigenvalue weighted by molar-refractivity contribution is 7.11. The summed E-state index contributed by atoms with van der Waals surface area (Å²) in [5, 5.41) is 7.17. The minimum atomic E-state index is -0.684. The Hall–Kier alpha value is -1.88. The maximum absolute atomic E-state index is 12.4. The van der Waals surface area contributed by atoms with Crippen LogP contribution in [-0.2, 0) is 11.3 Å². The van der Waals surface area contributed by atoms with Crippen LogP contribution in [-0.4, -0.2) is 16.4 Å². The summed E-state index contributed by atoms with van der Waals surface area (Å²) in [6.07, 6.45) is 0. The van der Waals surface area contributed by atoms with Gasteiger partial charge in [-0.1, -0.05) is 17.7 Å². The summed E-state index contributed by atoms with van der Waals surface area (Å²) in [7, 11) is 0. The topological polar surface area (TPSA) is 54.0 Å². The molecule has 118 valence electrons. The molecule has 2 rings (SSSR count). The number of benzene rings is 1. The summed E-state index contributed by atoms with van der Waals surface area (Å²) in [5.74, 6) is -0.0430. The van der Waals surface area contributed by atoms with Crippen molar-refractivity contribution < 1.29 is 4.79 Å². The SMILES string of the molecule is Cc1ccc(NC(C)(C)C(=O)NCc2nc(C)c(C)s2)cc1. The Morgan fingerprint density at radius 1 is 1.18 bits per heavy atom. The van der Waals surface area contributed by atoms with Gasteiger partial charge in [0.05, 0.1) is 12.2 Å². The number of hydrogen-bond acceptors (Lipinski definition) is 4. The second kappa shape index (κ2) is 6.48. The standard InChI is InChI=1S/C17H23N3OS/c1-11-6-8-14(9-7-11)20-17(4,5)16(21)18-10-15-19-12(2)13(3)22-15/h6-9,20H,10H2,1-5H3,(H,18,21). The molecule has 2 aromatic rings. The molecule has 0 radical (unpaired) electrons. The molecule has 2 N–H and O–H groups in total. The summed E-state index contributed by atoms with van der Waals surface area (Å²) in [6.45, 7) is 10.3. The molecule has 1 heterocycles. The number of aryl methyl sites for hydroxylation is 3. The van der Waals surface area contributed by atoms with Crippen LogP contribution in [0.4, 0.5) is 5.69 Å². The predicted octanol–water partition coefficient (Wildman–Crippen LogP) is 3.58. The summed E-state index contributed by atoms with van der Waals surface area (Å²) < 4.78 is 0. The first-order valence-electron chi connectivity index (χ1n) is 7.34. The number of nitrogens with zero attached hydrogens (tertiary/aromatic N) is 1. The quantitative estimate of drug-likeness (QED) is 0.886. The maximum Gasteiger partial charge on any atom is 0.245 e. The van der Waals surface area contributed by atoms with Crippen LogP contribution < -0.4 is 10.6 Å². The van der Waals surface area contributed by atoms with Crippen LogP contribution in [0.15, 0.2) is 24.3 Å². The smallest absolute Gasteiger partial charge is 0.245 e. The van der Waals surface area contributed by atoms with Crippen molar-refractivity contribution in [1.29, 1.82) is 0 Å². The van der Waals surface area contributed by atoms with Crippen molar-refractivity contribution in [2.75, 3.05) is 5.32 Å². The van der Waals surface area contributed by atoms with Crippen LogP contribution in [0.25, 0.3) is 0 Å². The molecule has 0 aliphatic rings. The minimum Gasteiger partial charge on any atom is -0.372 e. The molecule has 5 heteroatoms. The zero-order valence-corrected chi connectivity index (χ0v) is 14.6. The van der Waals surface area contributed by atoms with Gasteiger partial charge in [-0.05, 0) is 46.8 Å². The third kappa shape index (κ3) is 4.07. The number of rotatable bonds is 5. The van der Waals surface area contributed by atoms with E-state index in [1.165, 1.54) is 10.4 Å². The predicted molar refractivity (Wildman–Crippen MR) is 92.3 cm³/mol. The number of carbonyl (C=O) groups is 1. The van der Waals surface area contributed by atoms with Crippen LogP contribution in [0, 0.1) is 20.8 Å². The van der Waals surface area contributed by atoms with Crippen LogP contribution in [0.1, 0.15) is 35.0 Å². The second-order valence-electron chi connectivity index (χ2n) is 6.05. The van der Waals surface area contributed by atoms with Gasteiger partial charge in [-0.25, -0.2) is 4.98 Å². The molecular formula is C17H23N3OS. The first kappa shape index (κ1) is 16.5. The Bertz CT molecular complexity index is 640. The summed E-state index contributed by atoms with van der Waals surface area (Å²) >= 11 is 1.63. The van der Waals surface area contributed by atoms with Gasteiger partial charge in [0.1, 0.15) is 10.5 Å². The lowest BCUT2D eigenvalue weighted by Crippen LogP contribution is -2.47. The van der Waals surface area contributed by atoms with Gasteiger partial charge in [-0.2, -0.15) is 0 Å². The lowest BCUT2D eigenvalue weighted by atomic mass is 10.0. The van der Waals surface area contributed by atoms with Gasteiger partial charge in [0.25, 0.3) is 0 Å². The van der Waals surface area contributed by atoms with Gasteiger partial charge in [-0.3, -0.25) is 4.79 Å². The highest BCUT2D eigenvalue weighted by Gasteiger charge is 2.27. The molecule has 0 aliphatic carbocycles. The van der Waals surface area contributed by atoms with E-state index < -0.39 is 5.54 Å². The number of carbonyl (C=O) groups excluding carboxylic acids is 1. The van der Waals surface area contributed by atoms with Crippen molar-refractivity contribution in [3.8, 4) is 0 Å². The van der Waals surface area contributed by atoms with Crippen molar-refractivity contribution >= 4 is 22.9 Å². The number of anilines is 1. The molecule has 4 nitrogen and oxygen atoms in total. The molecule has 22 heavy (non-hydrogen) atoms. The lowest BCUT2D eigenvalue weighted by molar-refractivity contribution is -0.124. The van der Waals surface area contributed by atoms with Crippen molar-refractivity contribution in [2.24, 2.45) is 0 Å². The highest BCUT2D eigenvalue weighted by atomic mass is 32.1. The molecule has 0 spiro atoms. The molecular weight excluding hydrogens is 294 g/mol. The average molecular weight is 317 g/mol.